The number of aryl methyl sites for hydroxylation is 1. The number of aromatic amines is 1. The lowest BCUT2D eigenvalue weighted by molar-refractivity contribution is 0.929. The van der Waals surface area contributed by atoms with Gasteiger partial charge in [-0.1, -0.05) is 31.5 Å². The summed E-state index contributed by atoms with van der Waals surface area (Å²) in [6.45, 7) is 2.23. The Bertz CT molecular complexity index is 697. The van der Waals surface area contributed by atoms with E-state index in [4.69, 9.17) is 0 Å². The molecule has 0 aliphatic rings. The van der Waals surface area contributed by atoms with Crippen LogP contribution in [0.1, 0.15) is 18.9 Å². The van der Waals surface area contributed by atoms with Gasteiger partial charge in [-0.05, 0) is 36.4 Å². The Morgan fingerprint density at radius 3 is 2.89 bits per heavy atom. The molecular formula is C16H16NS. The lowest BCUT2D eigenvalue weighted by Gasteiger charge is -2.05. The molecule has 3 rings (SSSR count). The molecular weight excluding hydrogens is 238 g/mol. The van der Waals surface area contributed by atoms with Gasteiger partial charge < -0.3 is 4.98 Å². The molecule has 2 heteroatoms. The smallest absolute Gasteiger partial charge is 0.0612 e. The van der Waals surface area contributed by atoms with Crippen LogP contribution in [0, 0.1) is 6.07 Å². The number of hydrogen-bond acceptors (Lipinski definition) is 1. The van der Waals surface area contributed by atoms with E-state index in [9.17, 15) is 0 Å². The first-order chi connectivity index (χ1) is 8.85. The topological polar surface area (TPSA) is 15.8 Å². The van der Waals surface area contributed by atoms with Gasteiger partial charge in [-0.3, -0.25) is 0 Å². The third kappa shape index (κ3) is 1.72. The summed E-state index contributed by atoms with van der Waals surface area (Å²) in [7, 11) is 0. The van der Waals surface area contributed by atoms with E-state index in [1.807, 2.05) is 0 Å². The van der Waals surface area contributed by atoms with Gasteiger partial charge in [-0.2, -0.15) is 0 Å². The van der Waals surface area contributed by atoms with Crippen molar-refractivity contribution in [3.8, 4) is 0 Å². The second-order valence-corrected chi connectivity index (χ2v) is 5.33. The highest BCUT2D eigenvalue weighted by atomic mass is 32.2. The molecule has 1 N–H and O–H groups in total. The molecule has 0 bridgehead atoms. The van der Waals surface area contributed by atoms with Crippen molar-refractivity contribution >= 4 is 33.6 Å². The van der Waals surface area contributed by atoms with E-state index >= 15 is 0 Å². The van der Waals surface area contributed by atoms with E-state index in [0.717, 1.165) is 6.42 Å². The summed E-state index contributed by atoms with van der Waals surface area (Å²) in [5, 5.41) is 2.72. The summed E-state index contributed by atoms with van der Waals surface area (Å²) in [4.78, 5) is 4.75. The second-order valence-electron chi connectivity index (χ2n) is 4.52. The first-order valence-electron chi connectivity index (χ1n) is 6.33. The standard InChI is InChI=1S/C16H16NS/c1-3-6-11-9-10-14(18-2)16-15(11)12-7-4-5-8-13(12)17-16/h4-5,7-9,17H,3,6H2,1-2H3. The van der Waals surface area contributed by atoms with Crippen LogP contribution in [0.5, 0.6) is 0 Å². The van der Waals surface area contributed by atoms with E-state index in [0.29, 0.717) is 0 Å². The van der Waals surface area contributed by atoms with Gasteiger partial charge in [-0.25, -0.2) is 0 Å². The van der Waals surface area contributed by atoms with Gasteiger partial charge in [0.2, 0.25) is 0 Å². The van der Waals surface area contributed by atoms with Crippen LogP contribution in [0.15, 0.2) is 35.2 Å². The average Bonchev–Trinajstić information content (AvgIpc) is 2.79. The fourth-order valence-electron chi connectivity index (χ4n) is 2.57. The van der Waals surface area contributed by atoms with Gasteiger partial charge in [0.1, 0.15) is 0 Å². The van der Waals surface area contributed by atoms with E-state index in [-0.39, 0.29) is 0 Å². The number of benzene rings is 2. The Hall–Kier alpha value is -1.41. The zero-order valence-electron chi connectivity index (χ0n) is 10.7. The Balaban J connectivity index is 2.44. The summed E-state index contributed by atoms with van der Waals surface area (Å²) in [5.74, 6) is 0. The fourth-order valence-corrected chi connectivity index (χ4v) is 3.10. The van der Waals surface area contributed by atoms with Gasteiger partial charge in [0.25, 0.3) is 0 Å². The predicted octanol–water partition coefficient (Wildman–Crippen LogP) is 4.80. The number of aromatic nitrogens is 1. The molecule has 0 saturated heterocycles. The van der Waals surface area contributed by atoms with E-state index in [1.54, 1.807) is 11.8 Å². The van der Waals surface area contributed by atoms with Crippen molar-refractivity contribution in [2.45, 2.75) is 24.7 Å². The summed E-state index contributed by atoms with van der Waals surface area (Å²) in [5.41, 5.74) is 3.87. The van der Waals surface area contributed by atoms with Gasteiger partial charge in [0.05, 0.1) is 5.52 Å². The summed E-state index contributed by atoms with van der Waals surface area (Å²) >= 11 is 1.75. The molecule has 3 aromatic rings. The van der Waals surface area contributed by atoms with Crippen LogP contribution in [0.3, 0.4) is 0 Å². The lowest BCUT2D eigenvalue weighted by Crippen LogP contribution is -1.86. The summed E-state index contributed by atoms with van der Waals surface area (Å²) in [6.07, 6.45) is 4.39. The lowest BCUT2D eigenvalue weighted by atomic mass is 10.0. The molecule has 2 aromatic carbocycles. The average molecular weight is 254 g/mol. The number of para-hydroxylation sites is 1. The van der Waals surface area contributed by atoms with E-state index in [2.05, 4.69) is 54.6 Å². The molecule has 0 unspecified atom stereocenters. The number of thioether (sulfide) groups is 1. The minimum absolute atomic E-state index is 1.11. The third-order valence-corrected chi connectivity index (χ3v) is 4.09. The molecule has 1 heterocycles. The zero-order valence-corrected chi connectivity index (χ0v) is 11.5. The minimum Gasteiger partial charge on any atom is -0.354 e. The number of rotatable bonds is 3. The van der Waals surface area contributed by atoms with Crippen LogP contribution < -0.4 is 0 Å². The Kier molecular flexibility index (Phi) is 3.04. The van der Waals surface area contributed by atoms with Crippen molar-refractivity contribution in [1.82, 2.24) is 4.98 Å². The Morgan fingerprint density at radius 2 is 2.11 bits per heavy atom. The van der Waals surface area contributed by atoms with Crippen LogP contribution in [0.2, 0.25) is 0 Å². The predicted molar refractivity (Wildman–Crippen MR) is 80.4 cm³/mol. The number of H-pyrrole nitrogens is 1. The highest BCUT2D eigenvalue weighted by molar-refractivity contribution is 7.98. The maximum Gasteiger partial charge on any atom is 0.0612 e. The summed E-state index contributed by atoms with van der Waals surface area (Å²) in [6, 6.07) is 14.1. The summed E-state index contributed by atoms with van der Waals surface area (Å²) < 4.78 is 0. The quantitative estimate of drug-likeness (QED) is 0.664. The van der Waals surface area contributed by atoms with Crippen molar-refractivity contribution in [3.05, 3.63) is 42.0 Å². The van der Waals surface area contributed by atoms with Gasteiger partial charge in [0.15, 0.2) is 0 Å². The minimum atomic E-state index is 1.11. The molecule has 0 atom stereocenters. The van der Waals surface area contributed by atoms with E-state index < -0.39 is 0 Å². The largest absolute Gasteiger partial charge is 0.354 e. The molecule has 0 fully saturated rings. The number of nitrogens with one attached hydrogen (secondary N) is 1. The van der Waals surface area contributed by atoms with Crippen molar-refractivity contribution in [2.24, 2.45) is 0 Å². The third-order valence-electron chi connectivity index (χ3n) is 3.36. The Labute approximate surface area is 112 Å². The van der Waals surface area contributed by atoms with Gasteiger partial charge >= 0.3 is 0 Å². The molecule has 91 valence electrons. The Morgan fingerprint density at radius 1 is 1.28 bits per heavy atom. The monoisotopic (exact) mass is 254 g/mol. The van der Waals surface area contributed by atoms with Crippen LogP contribution in [0.4, 0.5) is 0 Å². The van der Waals surface area contributed by atoms with Crippen molar-refractivity contribution in [2.75, 3.05) is 6.26 Å². The van der Waals surface area contributed by atoms with Gasteiger partial charge in [0, 0.05) is 21.2 Å². The van der Waals surface area contributed by atoms with Crippen molar-refractivity contribution in [3.63, 3.8) is 0 Å². The SMILES string of the molecule is CCCc1c[c]c(SC)c2[nH]c3ccccc3c12. The fraction of sp³-hybridized carbons (Fsp3) is 0.250. The van der Waals surface area contributed by atoms with Crippen molar-refractivity contribution in [1.29, 1.82) is 0 Å². The van der Waals surface area contributed by atoms with Crippen molar-refractivity contribution < 1.29 is 0 Å². The molecule has 1 nitrogen and oxygen atoms in total. The molecule has 18 heavy (non-hydrogen) atoms. The zero-order chi connectivity index (χ0) is 12.5. The van der Waals surface area contributed by atoms with Crippen LogP contribution in [-0.2, 0) is 6.42 Å². The first-order valence-corrected chi connectivity index (χ1v) is 7.55. The maximum atomic E-state index is 3.54. The molecule has 0 spiro atoms. The van der Waals surface area contributed by atoms with Gasteiger partial charge in [-0.15, -0.1) is 11.8 Å². The first kappa shape index (κ1) is 11.7. The molecule has 0 aliphatic heterocycles. The highest BCUT2D eigenvalue weighted by Crippen LogP contribution is 2.34. The molecule has 0 amide bonds. The van der Waals surface area contributed by atoms with Crippen LogP contribution in [0.25, 0.3) is 21.8 Å². The molecule has 1 radical (unpaired) electrons. The number of fused-ring (bicyclic) bond motifs is 3. The molecule has 0 aliphatic carbocycles. The van der Waals surface area contributed by atoms with Crippen LogP contribution >= 0.6 is 11.8 Å². The highest BCUT2D eigenvalue weighted by Gasteiger charge is 2.11. The normalized spacial score (nSPS) is 11.4. The van der Waals surface area contributed by atoms with E-state index in [1.165, 1.54) is 38.7 Å². The van der Waals surface area contributed by atoms with Crippen LogP contribution in [-0.4, -0.2) is 11.2 Å². The molecule has 1 aromatic heterocycles. The molecule has 0 saturated carbocycles. The second kappa shape index (κ2) is 4.69. The number of hydrogen-bond donors (Lipinski definition) is 1. The maximum absolute atomic E-state index is 3.54.